The van der Waals surface area contributed by atoms with Crippen LogP contribution >= 0.6 is 0 Å². The molecular formula is C30H30F3N3O4. The molecule has 1 saturated heterocycles. The number of carboxylic acids is 1. The molecule has 7 nitrogen and oxygen atoms in total. The molecule has 0 bridgehead atoms. The largest absolute Gasteiger partial charge is 0.492 e. The van der Waals surface area contributed by atoms with Crippen molar-refractivity contribution in [2.45, 2.75) is 57.5 Å². The fraction of sp³-hybridized carbons (Fsp3) is 0.433. The zero-order chi connectivity index (χ0) is 28.1. The van der Waals surface area contributed by atoms with Crippen molar-refractivity contribution in [3.8, 4) is 17.0 Å². The first kappa shape index (κ1) is 26.4. The summed E-state index contributed by atoms with van der Waals surface area (Å²) >= 11 is 0. The number of alkyl halides is 3. The second kappa shape index (κ2) is 9.98. The monoisotopic (exact) mass is 553 g/mol. The highest BCUT2D eigenvalue weighted by atomic mass is 19.4. The van der Waals surface area contributed by atoms with E-state index in [0.29, 0.717) is 23.7 Å². The molecular weight excluding hydrogens is 523 g/mol. The molecule has 3 aliphatic rings. The third-order valence-corrected chi connectivity index (χ3v) is 8.27. The Labute approximate surface area is 229 Å². The van der Waals surface area contributed by atoms with Crippen molar-refractivity contribution in [2.75, 3.05) is 24.6 Å². The first-order valence-corrected chi connectivity index (χ1v) is 13.6. The number of pyridine rings is 1. The molecule has 1 spiro atoms. The summed E-state index contributed by atoms with van der Waals surface area (Å²) in [7, 11) is 0. The fourth-order valence-electron chi connectivity index (χ4n) is 6.07. The number of nitrogens with zero attached hydrogens (tertiary/aromatic N) is 3. The van der Waals surface area contributed by atoms with Crippen LogP contribution in [0.1, 0.15) is 78.7 Å². The molecule has 3 heterocycles. The summed E-state index contributed by atoms with van der Waals surface area (Å²) in [5, 5.41) is 13.4. The van der Waals surface area contributed by atoms with Crippen LogP contribution in [0.2, 0.25) is 0 Å². The summed E-state index contributed by atoms with van der Waals surface area (Å²) in [5.41, 5.74) is 2.38. The highest BCUT2D eigenvalue weighted by molar-refractivity contribution is 5.86. The van der Waals surface area contributed by atoms with Gasteiger partial charge in [0.05, 0.1) is 24.1 Å². The average molecular weight is 554 g/mol. The predicted octanol–water partition coefficient (Wildman–Crippen LogP) is 7.19. The summed E-state index contributed by atoms with van der Waals surface area (Å²) in [6, 6.07) is 7.01. The first-order chi connectivity index (χ1) is 19.2. The SMILES string of the molecule is CCOc1cc(C(=O)O)ncc1N1CCC2(CC1)CC(=Cc1c(-c3ccccc3C(F)(F)F)noc1C1CC1)C2. The van der Waals surface area contributed by atoms with E-state index in [4.69, 9.17) is 9.26 Å². The van der Waals surface area contributed by atoms with E-state index in [1.807, 2.05) is 13.0 Å². The van der Waals surface area contributed by atoms with E-state index in [1.54, 1.807) is 12.3 Å². The fourth-order valence-corrected chi connectivity index (χ4v) is 6.07. The molecule has 2 saturated carbocycles. The molecule has 0 unspecified atom stereocenters. The quantitative estimate of drug-likeness (QED) is 0.331. The lowest BCUT2D eigenvalue weighted by atomic mass is 9.60. The Kier molecular flexibility index (Phi) is 6.59. The van der Waals surface area contributed by atoms with Gasteiger partial charge in [0.1, 0.15) is 17.2 Å². The number of anilines is 1. The van der Waals surface area contributed by atoms with Crippen LogP contribution in [-0.2, 0) is 6.18 Å². The molecule has 0 atom stereocenters. The van der Waals surface area contributed by atoms with E-state index < -0.39 is 17.7 Å². The van der Waals surface area contributed by atoms with Gasteiger partial charge in [-0.15, -0.1) is 0 Å². The van der Waals surface area contributed by atoms with E-state index in [2.05, 4.69) is 15.0 Å². The smallest absolute Gasteiger partial charge is 0.417 e. The Balaban J connectivity index is 1.20. The van der Waals surface area contributed by atoms with Gasteiger partial charge in [-0.3, -0.25) is 0 Å². The minimum Gasteiger partial charge on any atom is -0.492 e. The second-order valence-electron chi connectivity index (χ2n) is 11.0. The summed E-state index contributed by atoms with van der Waals surface area (Å²) in [6.07, 6.45) is 4.67. The topological polar surface area (TPSA) is 88.7 Å². The lowest BCUT2D eigenvalue weighted by molar-refractivity contribution is -0.137. The molecule has 0 amide bonds. The molecule has 6 rings (SSSR count). The van der Waals surface area contributed by atoms with E-state index in [0.717, 1.165) is 63.4 Å². The maximum absolute atomic E-state index is 13.8. The lowest BCUT2D eigenvalue weighted by Gasteiger charge is -2.50. The van der Waals surface area contributed by atoms with Crippen molar-refractivity contribution in [3.05, 3.63) is 64.7 Å². The standard InChI is InChI=1S/C30H30F3N3O4/c1-2-39-25-14-23(28(37)38)34-17-24(25)36-11-9-29(10-12-36)15-18(16-29)13-21-26(35-40-27(21)19-7-8-19)20-5-3-4-6-22(20)30(31,32)33/h3-6,13-14,17,19H,2,7-12,15-16H2,1H3,(H,37,38). The van der Waals surface area contributed by atoms with E-state index >= 15 is 0 Å². The third-order valence-electron chi connectivity index (χ3n) is 8.27. The van der Waals surface area contributed by atoms with Crippen LogP contribution < -0.4 is 9.64 Å². The number of carboxylic acid groups (broad SMARTS) is 1. The number of carbonyl (C=O) groups is 1. The van der Waals surface area contributed by atoms with Crippen LogP contribution in [-0.4, -0.2) is 40.9 Å². The van der Waals surface area contributed by atoms with Crippen LogP contribution in [0.15, 0.2) is 46.6 Å². The highest BCUT2D eigenvalue weighted by Crippen LogP contribution is 2.55. The minimum absolute atomic E-state index is 0.0486. The Morgan fingerprint density at radius 1 is 1.23 bits per heavy atom. The van der Waals surface area contributed by atoms with E-state index in [9.17, 15) is 23.1 Å². The van der Waals surface area contributed by atoms with Gasteiger partial charge >= 0.3 is 12.1 Å². The van der Waals surface area contributed by atoms with Crippen LogP contribution in [0.5, 0.6) is 5.75 Å². The van der Waals surface area contributed by atoms with Gasteiger partial charge < -0.3 is 19.3 Å². The molecule has 2 aromatic heterocycles. The average Bonchev–Trinajstić information content (AvgIpc) is 3.67. The van der Waals surface area contributed by atoms with Gasteiger partial charge in [-0.1, -0.05) is 28.9 Å². The molecule has 1 aromatic carbocycles. The van der Waals surface area contributed by atoms with Crippen molar-refractivity contribution < 1.29 is 32.3 Å². The molecule has 210 valence electrons. The maximum Gasteiger partial charge on any atom is 0.417 e. The Morgan fingerprint density at radius 3 is 2.60 bits per heavy atom. The van der Waals surface area contributed by atoms with Crippen LogP contribution in [0.25, 0.3) is 17.3 Å². The van der Waals surface area contributed by atoms with E-state index in [-0.39, 0.29) is 28.3 Å². The number of halogens is 3. The molecule has 3 fully saturated rings. The van der Waals surface area contributed by atoms with Crippen molar-refractivity contribution in [1.29, 1.82) is 0 Å². The zero-order valence-corrected chi connectivity index (χ0v) is 22.1. The number of piperidine rings is 1. The van der Waals surface area contributed by atoms with Gasteiger partial charge in [0, 0.05) is 36.2 Å². The number of allylic oxidation sites excluding steroid dienone is 1. The van der Waals surface area contributed by atoms with Crippen molar-refractivity contribution >= 4 is 17.7 Å². The zero-order valence-electron chi connectivity index (χ0n) is 22.1. The van der Waals surface area contributed by atoms with Crippen LogP contribution in [0.3, 0.4) is 0 Å². The number of hydrogen-bond donors (Lipinski definition) is 1. The van der Waals surface area contributed by atoms with Gasteiger partial charge in [0.15, 0.2) is 5.69 Å². The molecule has 40 heavy (non-hydrogen) atoms. The molecule has 1 aliphatic heterocycles. The maximum atomic E-state index is 13.8. The molecule has 10 heteroatoms. The predicted molar refractivity (Wildman–Crippen MR) is 142 cm³/mol. The number of rotatable bonds is 7. The number of aromatic nitrogens is 2. The van der Waals surface area contributed by atoms with Crippen molar-refractivity contribution in [2.24, 2.45) is 5.41 Å². The lowest BCUT2D eigenvalue weighted by Crippen LogP contribution is -2.44. The van der Waals surface area contributed by atoms with Gasteiger partial charge in [-0.05, 0) is 63.0 Å². The molecule has 3 aromatic rings. The number of hydrogen-bond acceptors (Lipinski definition) is 6. The van der Waals surface area contributed by atoms with Gasteiger partial charge in [0.25, 0.3) is 0 Å². The Morgan fingerprint density at radius 2 is 1.95 bits per heavy atom. The number of aromatic carboxylic acids is 1. The van der Waals surface area contributed by atoms with E-state index in [1.165, 1.54) is 23.8 Å². The highest BCUT2D eigenvalue weighted by Gasteiger charge is 2.44. The van der Waals surface area contributed by atoms with Gasteiger partial charge in [-0.25, -0.2) is 9.78 Å². The Bertz CT molecular complexity index is 1460. The minimum atomic E-state index is -4.49. The van der Waals surface area contributed by atoms with Crippen molar-refractivity contribution in [3.63, 3.8) is 0 Å². The Hall–Kier alpha value is -3.82. The summed E-state index contributed by atoms with van der Waals surface area (Å²) in [6.45, 7) is 3.84. The number of ether oxygens (including phenoxy) is 1. The van der Waals surface area contributed by atoms with Crippen LogP contribution in [0.4, 0.5) is 18.9 Å². The van der Waals surface area contributed by atoms with Crippen molar-refractivity contribution in [1.82, 2.24) is 10.1 Å². The summed E-state index contributed by atoms with van der Waals surface area (Å²) < 4.78 is 52.7. The normalized spacial score (nSPS) is 18.5. The summed E-state index contributed by atoms with van der Waals surface area (Å²) in [4.78, 5) is 17.6. The molecule has 2 aliphatic carbocycles. The summed E-state index contributed by atoms with van der Waals surface area (Å²) in [5.74, 6) is 0.327. The van der Waals surface area contributed by atoms with Gasteiger partial charge in [-0.2, -0.15) is 13.2 Å². The number of benzene rings is 1. The van der Waals surface area contributed by atoms with Gasteiger partial charge in [0.2, 0.25) is 0 Å². The first-order valence-electron chi connectivity index (χ1n) is 13.6. The van der Waals surface area contributed by atoms with Crippen LogP contribution in [0, 0.1) is 5.41 Å². The third kappa shape index (κ3) is 4.95. The molecule has 0 radical (unpaired) electrons. The second-order valence-corrected chi connectivity index (χ2v) is 11.0. The molecule has 1 N–H and O–H groups in total.